The van der Waals surface area contributed by atoms with Gasteiger partial charge in [0, 0.05) is 18.2 Å². The number of nitrogens with one attached hydrogen (secondary N) is 1. The Morgan fingerprint density at radius 2 is 1.96 bits per heavy atom. The van der Waals surface area contributed by atoms with E-state index < -0.39 is 0 Å². The molecule has 3 aromatic rings. The maximum absolute atomic E-state index is 5.89. The molecule has 1 aromatic carbocycles. The zero-order valence-electron chi connectivity index (χ0n) is 13.5. The molecule has 0 aliphatic carbocycles. The van der Waals surface area contributed by atoms with Crippen LogP contribution in [0.2, 0.25) is 5.28 Å². The second-order valence-corrected chi connectivity index (χ2v) is 5.36. The van der Waals surface area contributed by atoms with Crippen molar-refractivity contribution in [2.24, 2.45) is 0 Å². The van der Waals surface area contributed by atoms with Gasteiger partial charge in [-0.15, -0.1) is 0 Å². The summed E-state index contributed by atoms with van der Waals surface area (Å²) in [5, 5.41) is 3.42. The zero-order valence-corrected chi connectivity index (χ0v) is 14.3. The standard InChI is InChI=1S/C16H16ClN5O2/c1-9-20-12-8-19-16(17)22-14(12)15(21-9)18-7-10-4-5-11(23-2)6-13(10)24-3/h4-6,8H,7H2,1-3H3,(H,18,20,21). The lowest BCUT2D eigenvalue weighted by molar-refractivity contribution is 0.391. The number of hydrogen-bond acceptors (Lipinski definition) is 7. The van der Waals surface area contributed by atoms with Crippen LogP contribution in [0.3, 0.4) is 0 Å². The number of anilines is 1. The summed E-state index contributed by atoms with van der Waals surface area (Å²) in [6.07, 6.45) is 1.58. The van der Waals surface area contributed by atoms with Gasteiger partial charge in [-0.05, 0) is 30.7 Å². The Labute approximate surface area is 144 Å². The van der Waals surface area contributed by atoms with E-state index in [1.54, 1.807) is 20.4 Å². The number of hydrogen-bond donors (Lipinski definition) is 1. The molecule has 0 aliphatic rings. The number of aryl methyl sites for hydroxylation is 1. The predicted octanol–water partition coefficient (Wildman–Crippen LogP) is 3.01. The Balaban J connectivity index is 1.92. The van der Waals surface area contributed by atoms with Gasteiger partial charge in [-0.25, -0.2) is 19.9 Å². The number of halogens is 1. The summed E-state index contributed by atoms with van der Waals surface area (Å²) >= 11 is 5.89. The zero-order chi connectivity index (χ0) is 17.1. The van der Waals surface area contributed by atoms with Gasteiger partial charge in [-0.2, -0.15) is 0 Å². The molecule has 0 radical (unpaired) electrons. The van der Waals surface area contributed by atoms with Gasteiger partial charge in [0.2, 0.25) is 5.28 Å². The van der Waals surface area contributed by atoms with Gasteiger partial charge in [0.15, 0.2) is 5.82 Å². The Hall–Kier alpha value is -2.67. The second kappa shape index (κ2) is 6.84. The molecule has 8 heteroatoms. The van der Waals surface area contributed by atoms with Gasteiger partial charge in [-0.3, -0.25) is 0 Å². The Bertz CT molecular complexity index is 888. The number of aromatic nitrogens is 4. The van der Waals surface area contributed by atoms with Crippen molar-refractivity contribution in [1.29, 1.82) is 0 Å². The van der Waals surface area contributed by atoms with E-state index in [1.807, 2.05) is 25.1 Å². The van der Waals surface area contributed by atoms with Crippen LogP contribution in [-0.2, 0) is 6.54 Å². The summed E-state index contributed by atoms with van der Waals surface area (Å²) in [6, 6.07) is 5.64. The topological polar surface area (TPSA) is 82.0 Å². The van der Waals surface area contributed by atoms with E-state index in [9.17, 15) is 0 Å². The molecule has 1 N–H and O–H groups in total. The average molecular weight is 346 g/mol. The van der Waals surface area contributed by atoms with Crippen molar-refractivity contribution < 1.29 is 9.47 Å². The first-order valence-electron chi connectivity index (χ1n) is 7.22. The smallest absolute Gasteiger partial charge is 0.223 e. The van der Waals surface area contributed by atoms with E-state index in [-0.39, 0.29) is 5.28 Å². The van der Waals surface area contributed by atoms with Crippen molar-refractivity contribution >= 4 is 28.5 Å². The number of fused-ring (bicyclic) bond motifs is 1. The molecule has 0 aliphatic heterocycles. The lowest BCUT2D eigenvalue weighted by Crippen LogP contribution is -2.06. The molecule has 2 heterocycles. The molecule has 0 unspecified atom stereocenters. The van der Waals surface area contributed by atoms with E-state index in [0.717, 1.165) is 17.1 Å². The van der Waals surface area contributed by atoms with Crippen molar-refractivity contribution in [2.45, 2.75) is 13.5 Å². The van der Waals surface area contributed by atoms with Crippen LogP contribution in [0.1, 0.15) is 11.4 Å². The number of benzene rings is 1. The van der Waals surface area contributed by atoms with Crippen molar-refractivity contribution in [3.63, 3.8) is 0 Å². The summed E-state index contributed by atoms with van der Waals surface area (Å²) in [4.78, 5) is 16.9. The largest absolute Gasteiger partial charge is 0.497 e. The molecule has 3 rings (SSSR count). The SMILES string of the molecule is COc1ccc(CNc2nc(C)nc3cnc(Cl)nc23)c(OC)c1. The van der Waals surface area contributed by atoms with Gasteiger partial charge in [0.05, 0.1) is 20.4 Å². The van der Waals surface area contributed by atoms with E-state index in [4.69, 9.17) is 21.1 Å². The van der Waals surface area contributed by atoms with Crippen LogP contribution in [-0.4, -0.2) is 34.2 Å². The Kier molecular flexibility index (Phi) is 4.61. The van der Waals surface area contributed by atoms with Gasteiger partial charge < -0.3 is 14.8 Å². The minimum absolute atomic E-state index is 0.153. The number of ether oxygens (including phenoxy) is 2. The lowest BCUT2D eigenvalue weighted by Gasteiger charge is -2.12. The highest BCUT2D eigenvalue weighted by Crippen LogP contribution is 2.26. The van der Waals surface area contributed by atoms with Crippen LogP contribution in [0, 0.1) is 6.92 Å². The molecule has 0 saturated carbocycles. The van der Waals surface area contributed by atoms with E-state index in [0.29, 0.717) is 29.2 Å². The van der Waals surface area contributed by atoms with Crippen molar-refractivity contribution in [3.05, 3.63) is 41.1 Å². The normalized spacial score (nSPS) is 10.7. The first-order chi connectivity index (χ1) is 11.6. The molecular weight excluding hydrogens is 330 g/mol. The third kappa shape index (κ3) is 3.30. The van der Waals surface area contributed by atoms with E-state index in [2.05, 4.69) is 25.3 Å². The molecule has 0 amide bonds. The van der Waals surface area contributed by atoms with Gasteiger partial charge in [0.1, 0.15) is 28.4 Å². The Morgan fingerprint density at radius 1 is 1.12 bits per heavy atom. The third-order valence-electron chi connectivity index (χ3n) is 3.46. The van der Waals surface area contributed by atoms with Gasteiger partial charge in [0.25, 0.3) is 0 Å². The molecule has 0 bridgehead atoms. The molecule has 7 nitrogen and oxygen atoms in total. The predicted molar refractivity (Wildman–Crippen MR) is 91.7 cm³/mol. The highest BCUT2D eigenvalue weighted by molar-refractivity contribution is 6.28. The molecule has 124 valence electrons. The third-order valence-corrected chi connectivity index (χ3v) is 3.64. The Morgan fingerprint density at radius 3 is 2.71 bits per heavy atom. The van der Waals surface area contributed by atoms with Crippen molar-refractivity contribution in [2.75, 3.05) is 19.5 Å². The molecule has 0 fully saturated rings. The second-order valence-electron chi connectivity index (χ2n) is 5.02. The fourth-order valence-corrected chi connectivity index (χ4v) is 2.46. The molecule has 0 spiro atoms. The first-order valence-corrected chi connectivity index (χ1v) is 7.60. The molecule has 2 aromatic heterocycles. The average Bonchev–Trinajstić information content (AvgIpc) is 2.59. The van der Waals surface area contributed by atoms with E-state index in [1.165, 1.54) is 0 Å². The molecular formula is C16H16ClN5O2. The first kappa shape index (κ1) is 16.2. The lowest BCUT2D eigenvalue weighted by atomic mass is 10.2. The molecule has 0 saturated heterocycles. The maximum atomic E-state index is 5.89. The van der Waals surface area contributed by atoms with Crippen LogP contribution in [0.5, 0.6) is 11.5 Å². The number of methoxy groups -OCH3 is 2. The van der Waals surface area contributed by atoms with Crippen LogP contribution >= 0.6 is 11.6 Å². The number of rotatable bonds is 5. The summed E-state index contributed by atoms with van der Waals surface area (Å²) in [7, 11) is 3.24. The quantitative estimate of drug-likeness (QED) is 0.712. The van der Waals surface area contributed by atoms with Crippen molar-refractivity contribution in [1.82, 2.24) is 19.9 Å². The minimum Gasteiger partial charge on any atom is -0.497 e. The van der Waals surface area contributed by atoms with Gasteiger partial charge >= 0.3 is 0 Å². The van der Waals surface area contributed by atoms with Crippen LogP contribution < -0.4 is 14.8 Å². The summed E-state index contributed by atoms with van der Waals surface area (Å²) < 4.78 is 10.6. The molecule has 0 atom stereocenters. The highest BCUT2D eigenvalue weighted by Gasteiger charge is 2.10. The van der Waals surface area contributed by atoms with E-state index >= 15 is 0 Å². The van der Waals surface area contributed by atoms with Gasteiger partial charge in [-0.1, -0.05) is 0 Å². The van der Waals surface area contributed by atoms with Crippen LogP contribution in [0.25, 0.3) is 11.0 Å². The number of nitrogens with zero attached hydrogens (tertiary/aromatic N) is 4. The maximum Gasteiger partial charge on any atom is 0.223 e. The van der Waals surface area contributed by atoms with Crippen molar-refractivity contribution in [3.8, 4) is 11.5 Å². The van der Waals surface area contributed by atoms with Crippen LogP contribution in [0.15, 0.2) is 24.4 Å². The molecule has 24 heavy (non-hydrogen) atoms. The summed E-state index contributed by atoms with van der Waals surface area (Å²) in [6.45, 7) is 2.31. The summed E-state index contributed by atoms with van der Waals surface area (Å²) in [5.41, 5.74) is 2.17. The highest BCUT2D eigenvalue weighted by atomic mass is 35.5. The summed E-state index contributed by atoms with van der Waals surface area (Å²) in [5.74, 6) is 2.68. The van der Waals surface area contributed by atoms with Crippen LogP contribution in [0.4, 0.5) is 5.82 Å². The minimum atomic E-state index is 0.153. The fraction of sp³-hybridized carbons (Fsp3) is 0.250. The fourth-order valence-electron chi connectivity index (χ4n) is 2.32. The monoisotopic (exact) mass is 345 g/mol.